The number of aliphatic hydroxyl groups excluding tert-OH is 1. The van der Waals surface area contributed by atoms with E-state index in [-0.39, 0.29) is 16.7 Å². The van der Waals surface area contributed by atoms with E-state index >= 15 is 0 Å². The van der Waals surface area contributed by atoms with Gasteiger partial charge in [-0.15, -0.1) is 0 Å². The van der Waals surface area contributed by atoms with Crippen molar-refractivity contribution in [1.29, 1.82) is 0 Å². The number of anilines is 1. The Morgan fingerprint density at radius 2 is 2.35 bits per heavy atom. The van der Waals surface area contributed by atoms with Crippen molar-refractivity contribution in [3.63, 3.8) is 0 Å². The number of aliphatic hydroxyl groups is 1. The third-order valence-corrected chi connectivity index (χ3v) is 2.66. The van der Waals surface area contributed by atoms with Crippen LogP contribution in [0.3, 0.4) is 0 Å². The molecule has 1 aromatic heterocycles. The first-order chi connectivity index (χ1) is 8.06. The SMILES string of the molecule is CCCn1ncc(NCCC(C)O)c(Cl)c1=O. The first kappa shape index (κ1) is 14.0. The maximum absolute atomic E-state index is 11.8. The molecule has 0 spiro atoms. The highest BCUT2D eigenvalue weighted by Gasteiger charge is 2.08. The number of hydrogen-bond donors (Lipinski definition) is 2. The highest BCUT2D eigenvalue weighted by Crippen LogP contribution is 2.15. The Balaban J connectivity index is 2.75. The average molecular weight is 260 g/mol. The van der Waals surface area contributed by atoms with Crippen molar-refractivity contribution < 1.29 is 5.11 Å². The van der Waals surface area contributed by atoms with Gasteiger partial charge in [0.05, 0.1) is 18.0 Å². The van der Waals surface area contributed by atoms with E-state index in [9.17, 15) is 4.79 Å². The number of aryl methyl sites for hydroxylation is 1. The van der Waals surface area contributed by atoms with Gasteiger partial charge in [-0.25, -0.2) is 4.68 Å². The molecule has 0 aliphatic heterocycles. The van der Waals surface area contributed by atoms with Crippen LogP contribution >= 0.6 is 11.6 Å². The molecule has 17 heavy (non-hydrogen) atoms. The Morgan fingerprint density at radius 1 is 1.65 bits per heavy atom. The molecule has 0 fully saturated rings. The van der Waals surface area contributed by atoms with Crippen molar-refractivity contribution in [3.05, 3.63) is 21.6 Å². The topological polar surface area (TPSA) is 67.2 Å². The number of hydrogen-bond acceptors (Lipinski definition) is 4. The zero-order valence-electron chi connectivity index (χ0n) is 10.1. The fourth-order valence-electron chi connectivity index (χ4n) is 1.38. The molecule has 0 saturated heterocycles. The number of nitrogens with one attached hydrogen (secondary N) is 1. The summed E-state index contributed by atoms with van der Waals surface area (Å²) in [5.74, 6) is 0. The Kier molecular flexibility index (Phi) is 5.44. The molecule has 1 rings (SSSR count). The van der Waals surface area contributed by atoms with Crippen LogP contribution in [0.2, 0.25) is 5.02 Å². The Bertz CT molecular complexity index is 418. The molecule has 1 aromatic rings. The van der Waals surface area contributed by atoms with E-state index in [0.717, 1.165) is 6.42 Å². The molecule has 1 atom stereocenters. The van der Waals surface area contributed by atoms with Gasteiger partial charge in [-0.3, -0.25) is 4.79 Å². The molecule has 1 heterocycles. The molecule has 0 radical (unpaired) electrons. The highest BCUT2D eigenvalue weighted by atomic mass is 35.5. The third-order valence-electron chi connectivity index (χ3n) is 2.30. The lowest BCUT2D eigenvalue weighted by atomic mass is 10.3. The minimum absolute atomic E-state index is 0.152. The monoisotopic (exact) mass is 259 g/mol. The van der Waals surface area contributed by atoms with Crippen LogP contribution in [0, 0.1) is 0 Å². The second-order valence-electron chi connectivity index (χ2n) is 3.96. The largest absolute Gasteiger partial charge is 0.393 e. The zero-order valence-corrected chi connectivity index (χ0v) is 10.9. The molecular formula is C11H18ClN3O2. The van der Waals surface area contributed by atoms with Gasteiger partial charge in [0.2, 0.25) is 0 Å². The molecule has 96 valence electrons. The Morgan fingerprint density at radius 3 is 2.94 bits per heavy atom. The molecule has 0 aliphatic carbocycles. The number of aromatic nitrogens is 2. The smallest absolute Gasteiger partial charge is 0.287 e. The van der Waals surface area contributed by atoms with Gasteiger partial charge >= 0.3 is 0 Å². The summed E-state index contributed by atoms with van der Waals surface area (Å²) >= 11 is 5.95. The third kappa shape index (κ3) is 4.02. The summed E-state index contributed by atoms with van der Waals surface area (Å²) in [6.45, 7) is 4.79. The van der Waals surface area contributed by atoms with Crippen molar-refractivity contribution >= 4 is 17.3 Å². The van der Waals surface area contributed by atoms with Crippen molar-refractivity contribution in [2.45, 2.75) is 39.3 Å². The molecular weight excluding hydrogens is 242 g/mol. The van der Waals surface area contributed by atoms with Gasteiger partial charge in [-0.1, -0.05) is 18.5 Å². The predicted octanol–water partition coefficient (Wildman–Crippen LogP) is 1.49. The first-order valence-corrected chi connectivity index (χ1v) is 6.11. The molecule has 6 heteroatoms. The second-order valence-corrected chi connectivity index (χ2v) is 4.34. The summed E-state index contributed by atoms with van der Waals surface area (Å²) in [6.07, 6.45) is 2.59. The van der Waals surface area contributed by atoms with Crippen LogP contribution in [0.15, 0.2) is 11.0 Å². The second kappa shape index (κ2) is 6.61. The van der Waals surface area contributed by atoms with Gasteiger partial charge in [0, 0.05) is 13.1 Å². The van der Waals surface area contributed by atoms with Gasteiger partial charge in [-0.2, -0.15) is 5.10 Å². The molecule has 0 bridgehead atoms. The molecule has 0 aromatic carbocycles. The minimum Gasteiger partial charge on any atom is -0.393 e. The van der Waals surface area contributed by atoms with E-state index in [2.05, 4.69) is 10.4 Å². The lowest BCUT2D eigenvalue weighted by Gasteiger charge is -2.10. The Labute approximate surface area is 105 Å². The summed E-state index contributed by atoms with van der Waals surface area (Å²) in [5.41, 5.74) is 0.236. The van der Waals surface area contributed by atoms with Gasteiger partial charge in [0.15, 0.2) is 0 Å². The predicted molar refractivity (Wildman–Crippen MR) is 68.6 cm³/mol. The van der Waals surface area contributed by atoms with E-state index in [1.807, 2.05) is 6.92 Å². The van der Waals surface area contributed by atoms with Gasteiger partial charge < -0.3 is 10.4 Å². The van der Waals surface area contributed by atoms with Crippen molar-refractivity contribution in [3.8, 4) is 0 Å². The summed E-state index contributed by atoms with van der Waals surface area (Å²) in [5, 5.41) is 16.3. The van der Waals surface area contributed by atoms with E-state index in [1.54, 1.807) is 13.1 Å². The van der Waals surface area contributed by atoms with Crippen molar-refractivity contribution in [2.75, 3.05) is 11.9 Å². The average Bonchev–Trinajstić information content (AvgIpc) is 2.28. The number of rotatable bonds is 6. The molecule has 0 aliphatic rings. The summed E-state index contributed by atoms with van der Waals surface area (Å²) in [7, 11) is 0. The zero-order chi connectivity index (χ0) is 12.8. The van der Waals surface area contributed by atoms with Gasteiger partial charge in [0.25, 0.3) is 5.56 Å². The molecule has 1 unspecified atom stereocenters. The molecule has 0 amide bonds. The fraction of sp³-hybridized carbons (Fsp3) is 0.636. The van der Waals surface area contributed by atoms with Crippen molar-refractivity contribution in [1.82, 2.24) is 9.78 Å². The summed E-state index contributed by atoms with van der Waals surface area (Å²) in [4.78, 5) is 11.8. The maximum Gasteiger partial charge on any atom is 0.287 e. The summed E-state index contributed by atoms with van der Waals surface area (Å²) < 4.78 is 1.35. The van der Waals surface area contributed by atoms with Crippen LogP contribution in [-0.4, -0.2) is 27.5 Å². The summed E-state index contributed by atoms with van der Waals surface area (Å²) in [6, 6.07) is 0. The van der Waals surface area contributed by atoms with E-state index in [1.165, 1.54) is 4.68 Å². The quantitative estimate of drug-likeness (QED) is 0.812. The van der Waals surface area contributed by atoms with E-state index in [0.29, 0.717) is 25.2 Å². The Hall–Kier alpha value is -1.07. The molecule has 0 saturated carbocycles. The van der Waals surface area contributed by atoms with Crippen LogP contribution in [-0.2, 0) is 6.54 Å². The van der Waals surface area contributed by atoms with Crippen LogP contribution in [0.4, 0.5) is 5.69 Å². The van der Waals surface area contributed by atoms with Crippen LogP contribution in [0.5, 0.6) is 0 Å². The lowest BCUT2D eigenvalue weighted by Crippen LogP contribution is -2.24. The standard InChI is InChI=1S/C11H18ClN3O2/c1-3-6-15-11(17)10(12)9(7-14-15)13-5-4-8(2)16/h7-8,13,16H,3-6H2,1-2H3. The minimum atomic E-state index is -0.380. The molecule has 2 N–H and O–H groups in total. The van der Waals surface area contributed by atoms with Gasteiger partial charge in [-0.05, 0) is 19.8 Å². The normalized spacial score (nSPS) is 12.5. The van der Waals surface area contributed by atoms with Crippen LogP contribution < -0.4 is 10.9 Å². The van der Waals surface area contributed by atoms with E-state index in [4.69, 9.17) is 16.7 Å². The first-order valence-electron chi connectivity index (χ1n) is 5.73. The van der Waals surface area contributed by atoms with E-state index < -0.39 is 0 Å². The van der Waals surface area contributed by atoms with Crippen LogP contribution in [0.25, 0.3) is 0 Å². The maximum atomic E-state index is 11.8. The van der Waals surface area contributed by atoms with Crippen LogP contribution in [0.1, 0.15) is 26.7 Å². The van der Waals surface area contributed by atoms with Crippen molar-refractivity contribution in [2.24, 2.45) is 0 Å². The lowest BCUT2D eigenvalue weighted by molar-refractivity contribution is 0.189. The number of nitrogens with zero attached hydrogens (tertiary/aromatic N) is 2. The molecule has 5 nitrogen and oxygen atoms in total. The highest BCUT2D eigenvalue weighted by molar-refractivity contribution is 6.32. The van der Waals surface area contributed by atoms with Gasteiger partial charge in [0.1, 0.15) is 5.02 Å². The fourth-order valence-corrected chi connectivity index (χ4v) is 1.59. The number of halogens is 1.